The number of rotatable bonds is 9. The fourth-order valence-electron chi connectivity index (χ4n) is 4.70. The molecule has 0 aromatic heterocycles. The number of esters is 1. The van der Waals surface area contributed by atoms with Crippen LogP contribution in [0.1, 0.15) is 28.7 Å². The first kappa shape index (κ1) is 26.5. The second-order valence-electron chi connectivity index (χ2n) is 8.76. The summed E-state index contributed by atoms with van der Waals surface area (Å²) in [6.07, 6.45) is 0.246. The van der Waals surface area contributed by atoms with Gasteiger partial charge in [-0.1, -0.05) is 120 Å². The number of ether oxygens (including phenoxy) is 1. The number of hydrogen-bond acceptors (Lipinski definition) is 3. The largest absolute Gasteiger partial charge is 0.467 e. The maximum atomic E-state index is 13.8. The van der Waals surface area contributed by atoms with Crippen LogP contribution in [-0.2, 0) is 26.2 Å². The molecule has 0 saturated heterocycles. The third-order valence-corrected chi connectivity index (χ3v) is 7.07. The van der Waals surface area contributed by atoms with E-state index in [9.17, 15) is 9.59 Å². The molecular weight excluding hydrogens is 505 g/mol. The topological polar surface area (TPSA) is 55.4 Å². The molecule has 0 bridgehead atoms. The van der Waals surface area contributed by atoms with E-state index >= 15 is 0 Å². The van der Waals surface area contributed by atoms with Crippen molar-refractivity contribution in [1.29, 1.82) is 0 Å². The average molecular weight is 532 g/mol. The molecule has 4 aromatic rings. The van der Waals surface area contributed by atoms with Gasteiger partial charge in [-0.3, -0.25) is 4.79 Å². The Morgan fingerprint density at radius 1 is 0.784 bits per heavy atom. The summed E-state index contributed by atoms with van der Waals surface area (Å²) in [5.41, 5.74) is 2.81. The van der Waals surface area contributed by atoms with Crippen LogP contribution in [0, 0.1) is 0 Å². The van der Waals surface area contributed by atoms with Crippen molar-refractivity contribution >= 4 is 35.1 Å². The smallest absolute Gasteiger partial charge is 0.328 e. The second-order valence-corrected chi connectivity index (χ2v) is 9.61. The molecule has 4 aromatic carbocycles. The van der Waals surface area contributed by atoms with Gasteiger partial charge in [0.15, 0.2) is 0 Å². The fraction of sp³-hybridized carbons (Fsp3) is 0.161. The highest BCUT2D eigenvalue weighted by Crippen LogP contribution is 2.42. The Balaban J connectivity index is 1.73. The molecule has 0 unspecified atom stereocenters. The maximum absolute atomic E-state index is 13.8. The van der Waals surface area contributed by atoms with Gasteiger partial charge < -0.3 is 10.1 Å². The molecule has 0 aliphatic rings. The van der Waals surface area contributed by atoms with Crippen molar-refractivity contribution in [2.45, 2.75) is 24.3 Å². The Kier molecular flexibility index (Phi) is 8.65. The lowest BCUT2D eigenvalue weighted by Gasteiger charge is -2.36. The Morgan fingerprint density at radius 2 is 1.27 bits per heavy atom. The standard InChI is InChI=1S/C31H27Cl2NO3/c1-37-30(36)28(19-22-17-18-26(32)20-27(22)33)34-29(35)21-31(23-11-5-2-6-12-23,24-13-7-3-8-14-24)25-15-9-4-10-16-25/h2-18,20,28H,19,21H2,1H3,(H,34,35)/t28-/m1/s1. The Bertz CT molecular complexity index is 1250. The minimum atomic E-state index is -0.920. The second kappa shape index (κ2) is 12.1. The van der Waals surface area contributed by atoms with Gasteiger partial charge in [-0.15, -0.1) is 0 Å². The lowest BCUT2D eigenvalue weighted by Crippen LogP contribution is -2.46. The number of nitrogens with one attached hydrogen (secondary N) is 1. The van der Waals surface area contributed by atoms with Gasteiger partial charge in [0, 0.05) is 22.9 Å². The first-order chi connectivity index (χ1) is 17.9. The van der Waals surface area contributed by atoms with E-state index in [0.29, 0.717) is 15.6 Å². The third kappa shape index (κ3) is 6.04. The van der Waals surface area contributed by atoms with Crippen molar-refractivity contribution in [1.82, 2.24) is 5.32 Å². The summed E-state index contributed by atoms with van der Waals surface area (Å²) in [6, 6.07) is 33.9. The van der Waals surface area contributed by atoms with E-state index in [4.69, 9.17) is 27.9 Å². The first-order valence-electron chi connectivity index (χ1n) is 11.9. The van der Waals surface area contributed by atoms with Crippen LogP contribution in [0.3, 0.4) is 0 Å². The summed E-state index contributed by atoms with van der Waals surface area (Å²) >= 11 is 12.4. The van der Waals surface area contributed by atoms with E-state index in [0.717, 1.165) is 16.7 Å². The number of benzene rings is 4. The predicted octanol–water partition coefficient (Wildman–Crippen LogP) is 6.62. The highest BCUT2D eigenvalue weighted by atomic mass is 35.5. The molecule has 0 aliphatic heterocycles. The van der Waals surface area contributed by atoms with E-state index in [-0.39, 0.29) is 18.7 Å². The van der Waals surface area contributed by atoms with Crippen LogP contribution in [0.4, 0.5) is 0 Å². The molecule has 1 amide bonds. The fourth-order valence-corrected chi connectivity index (χ4v) is 5.19. The lowest BCUT2D eigenvalue weighted by atomic mass is 9.67. The van der Waals surface area contributed by atoms with E-state index < -0.39 is 17.4 Å². The Labute approximate surface area is 227 Å². The van der Waals surface area contributed by atoms with Crippen molar-refractivity contribution < 1.29 is 14.3 Å². The summed E-state index contributed by atoms with van der Waals surface area (Å²) in [5.74, 6) is -0.846. The van der Waals surface area contributed by atoms with Crippen LogP contribution >= 0.6 is 23.2 Å². The minimum absolute atomic E-state index is 0.0763. The van der Waals surface area contributed by atoms with Crippen LogP contribution in [0.15, 0.2) is 109 Å². The van der Waals surface area contributed by atoms with Gasteiger partial charge in [0.05, 0.1) is 12.5 Å². The van der Waals surface area contributed by atoms with Crippen LogP contribution in [0.2, 0.25) is 10.0 Å². The Morgan fingerprint density at radius 3 is 1.70 bits per heavy atom. The summed E-state index contributed by atoms with van der Waals surface area (Å²) in [5, 5.41) is 3.83. The first-order valence-corrected chi connectivity index (χ1v) is 12.7. The molecule has 0 radical (unpaired) electrons. The van der Waals surface area contributed by atoms with Crippen LogP contribution in [0.25, 0.3) is 0 Å². The lowest BCUT2D eigenvalue weighted by molar-refractivity contribution is -0.145. The van der Waals surface area contributed by atoms with Gasteiger partial charge in [0.1, 0.15) is 6.04 Å². The zero-order chi connectivity index (χ0) is 26.3. The minimum Gasteiger partial charge on any atom is -0.467 e. The molecule has 37 heavy (non-hydrogen) atoms. The predicted molar refractivity (Wildman–Crippen MR) is 148 cm³/mol. The van der Waals surface area contributed by atoms with Gasteiger partial charge in [0.25, 0.3) is 0 Å². The number of halogens is 2. The van der Waals surface area contributed by atoms with Crippen molar-refractivity contribution in [2.75, 3.05) is 7.11 Å². The molecule has 1 N–H and O–H groups in total. The van der Waals surface area contributed by atoms with E-state index in [1.165, 1.54) is 7.11 Å². The summed E-state index contributed by atoms with van der Waals surface area (Å²) in [7, 11) is 1.30. The normalized spacial score (nSPS) is 12.0. The van der Waals surface area contributed by atoms with Crippen molar-refractivity contribution in [2.24, 2.45) is 0 Å². The summed E-state index contributed by atoms with van der Waals surface area (Å²) in [6.45, 7) is 0. The number of hydrogen-bond donors (Lipinski definition) is 1. The van der Waals surface area contributed by atoms with Crippen LogP contribution in [0.5, 0.6) is 0 Å². The van der Waals surface area contributed by atoms with E-state index in [1.807, 2.05) is 91.0 Å². The summed E-state index contributed by atoms with van der Waals surface area (Å²) < 4.78 is 5.01. The monoisotopic (exact) mass is 531 g/mol. The SMILES string of the molecule is COC(=O)[C@@H](Cc1ccc(Cl)cc1Cl)NC(=O)CC(c1ccccc1)(c1ccccc1)c1ccccc1. The van der Waals surface area contributed by atoms with Gasteiger partial charge >= 0.3 is 5.97 Å². The maximum Gasteiger partial charge on any atom is 0.328 e. The molecule has 0 heterocycles. The molecule has 0 aliphatic carbocycles. The third-order valence-electron chi connectivity index (χ3n) is 6.49. The van der Waals surface area contributed by atoms with Crippen molar-refractivity contribution in [3.63, 3.8) is 0 Å². The molecule has 0 fully saturated rings. The van der Waals surface area contributed by atoms with Gasteiger partial charge in [0.2, 0.25) is 5.91 Å². The van der Waals surface area contributed by atoms with Crippen molar-refractivity contribution in [3.8, 4) is 0 Å². The molecule has 0 spiro atoms. The number of carbonyl (C=O) groups excluding carboxylic acids is 2. The molecule has 0 saturated carbocycles. The van der Waals surface area contributed by atoms with Gasteiger partial charge in [-0.25, -0.2) is 4.79 Å². The molecule has 188 valence electrons. The zero-order valence-electron chi connectivity index (χ0n) is 20.4. The molecule has 6 heteroatoms. The van der Waals surface area contributed by atoms with Gasteiger partial charge in [-0.05, 0) is 34.4 Å². The quantitative estimate of drug-likeness (QED) is 0.195. The highest BCUT2D eigenvalue weighted by molar-refractivity contribution is 6.35. The Hall–Kier alpha value is -3.60. The molecule has 4 rings (SSSR count). The van der Waals surface area contributed by atoms with Crippen LogP contribution in [-0.4, -0.2) is 25.0 Å². The molecular formula is C31H27Cl2NO3. The zero-order valence-corrected chi connectivity index (χ0v) is 21.9. The average Bonchev–Trinajstić information content (AvgIpc) is 2.93. The number of carbonyl (C=O) groups is 2. The molecule has 1 atom stereocenters. The highest BCUT2D eigenvalue weighted by Gasteiger charge is 2.39. The molecule has 4 nitrogen and oxygen atoms in total. The van der Waals surface area contributed by atoms with Gasteiger partial charge in [-0.2, -0.15) is 0 Å². The van der Waals surface area contributed by atoms with E-state index in [2.05, 4.69) is 5.32 Å². The van der Waals surface area contributed by atoms with Crippen LogP contribution < -0.4 is 5.32 Å². The van der Waals surface area contributed by atoms with E-state index in [1.54, 1.807) is 18.2 Å². The van der Waals surface area contributed by atoms with Crippen molar-refractivity contribution in [3.05, 3.63) is 141 Å². The summed E-state index contributed by atoms with van der Waals surface area (Å²) in [4.78, 5) is 26.5. The number of methoxy groups -OCH3 is 1. The number of amides is 1.